The highest BCUT2D eigenvalue weighted by Gasteiger charge is 2.20. The summed E-state index contributed by atoms with van der Waals surface area (Å²) in [4.78, 5) is 26.7. The lowest BCUT2D eigenvalue weighted by atomic mass is 10.1. The number of carboxylic acid groups (broad SMARTS) is 1. The molecule has 41 heavy (non-hydrogen) atoms. The fourth-order valence-corrected chi connectivity index (χ4v) is 4.57. The standard InChI is InChI=1S/C29H33F2N7O3/c30-22-14-23(31)16-25(15-22)41-13-12-38(10-2-1-5-24-7-6-21-4-3-9-33-27(21)36-24)11-8-26(28(39)40)37-29-34-18-20(17-32)19-35-29/h6-7,14-16,18-19,26H,1-5,8-13H2,(H,33,36)(H,39,40)(H,34,35,37)/t26-/m0/s1. The van der Waals surface area contributed by atoms with Crippen LogP contribution in [-0.2, 0) is 17.6 Å². The Balaban J connectivity index is 1.32. The van der Waals surface area contributed by atoms with Gasteiger partial charge in [0.05, 0.1) is 18.0 Å². The number of halogens is 2. The van der Waals surface area contributed by atoms with E-state index in [1.807, 2.05) is 6.07 Å². The molecule has 216 valence electrons. The minimum Gasteiger partial charge on any atom is -0.492 e. The molecular formula is C29H33F2N7O3. The summed E-state index contributed by atoms with van der Waals surface area (Å²) in [6.07, 6.45) is 7.57. The van der Waals surface area contributed by atoms with Gasteiger partial charge in [-0.3, -0.25) is 4.90 Å². The van der Waals surface area contributed by atoms with E-state index in [0.717, 1.165) is 68.4 Å². The first-order valence-electron chi connectivity index (χ1n) is 13.6. The van der Waals surface area contributed by atoms with Gasteiger partial charge < -0.3 is 20.5 Å². The van der Waals surface area contributed by atoms with Crippen LogP contribution in [-0.4, -0.2) is 69.8 Å². The molecule has 0 spiro atoms. The number of aromatic nitrogens is 3. The number of aliphatic carboxylic acids is 1. The Labute approximate surface area is 237 Å². The maximum Gasteiger partial charge on any atom is 0.326 e. The van der Waals surface area contributed by atoms with Crippen LogP contribution < -0.4 is 15.4 Å². The van der Waals surface area contributed by atoms with E-state index >= 15 is 0 Å². The van der Waals surface area contributed by atoms with Gasteiger partial charge in [-0.25, -0.2) is 28.5 Å². The van der Waals surface area contributed by atoms with Crippen molar-refractivity contribution in [1.82, 2.24) is 19.9 Å². The molecule has 10 nitrogen and oxygen atoms in total. The van der Waals surface area contributed by atoms with Crippen molar-refractivity contribution in [3.8, 4) is 11.8 Å². The number of aryl methyl sites for hydroxylation is 2. The van der Waals surface area contributed by atoms with Gasteiger partial charge in [0.15, 0.2) is 0 Å². The number of anilines is 2. The minimum absolute atomic E-state index is 0.0950. The maximum atomic E-state index is 13.5. The van der Waals surface area contributed by atoms with Gasteiger partial charge in [-0.15, -0.1) is 0 Å². The molecule has 1 aliphatic rings. The number of nitriles is 1. The van der Waals surface area contributed by atoms with E-state index in [0.29, 0.717) is 19.6 Å². The van der Waals surface area contributed by atoms with Crippen LogP contribution in [0.2, 0.25) is 0 Å². The zero-order valence-electron chi connectivity index (χ0n) is 22.7. The average molecular weight is 566 g/mol. The van der Waals surface area contributed by atoms with Crippen LogP contribution in [0.15, 0.2) is 42.7 Å². The Morgan fingerprint density at radius 1 is 1.15 bits per heavy atom. The second-order valence-corrected chi connectivity index (χ2v) is 9.82. The van der Waals surface area contributed by atoms with Gasteiger partial charge in [-0.05, 0) is 56.7 Å². The lowest BCUT2D eigenvalue weighted by Gasteiger charge is -2.24. The van der Waals surface area contributed by atoms with Crippen molar-refractivity contribution in [3.63, 3.8) is 0 Å². The zero-order valence-corrected chi connectivity index (χ0v) is 22.7. The summed E-state index contributed by atoms with van der Waals surface area (Å²) in [6.45, 7) is 2.63. The number of unbranched alkanes of at least 4 members (excludes halogenated alkanes) is 1. The molecule has 1 aromatic carbocycles. The Hall–Kier alpha value is -4.37. The second-order valence-electron chi connectivity index (χ2n) is 9.82. The lowest BCUT2D eigenvalue weighted by Crippen LogP contribution is -2.37. The molecule has 0 radical (unpaired) electrons. The second kappa shape index (κ2) is 14.9. The van der Waals surface area contributed by atoms with Crippen molar-refractivity contribution < 1.29 is 23.4 Å². The van der Waals surface area contributed by atoms with Crippen molar-refractivity contribution in [3.05, 3.63) is 71.2 Å². The first-order chi connectivity index (χ1) is 19.9. The van der Waals surface area contributed by atoms with Crippen LogP contribution in [0.4, 0.5) is 20.5 Å². The molecule has 0 saturated heterocycles. The molecule has 3 N–H and O–H groups in total. The van der Waals surface area contributed by atoms with Crippen molar-refractivity contribution in [2.75, 3.05) is 43.4 Å². The number of fused-ring (bicyclic) bond motifs is 1. The minimum atomic E-state index is -1.06. The smallest absolute Gasteiger partial charge is 0.326 e. The van der Waals surface area contributed by atoms with Crippen LogP contribution in [0, 0.1) is 23.0 Å². The fraction of sp³-hybridized carbons (Fsp3) is 0.414. The highest BCUT2D eigenvalue weighted by molar-refractivity contribution is 5.76. The van der Waals surface area contributed by atoms with Gasteiger partial charge in [-0.2, -0.15) is 5.26 Å². The number of carbonyl (C=O) groups is 1. The Kier molecular flexibility index (Phi) is 10.7. The van der Waals surface area contributed by atoms with Crippen molar-refractivity contribution in [2.45, 2.75) is 44.6 Å². The van der Waals surface area contributed by atoms with Crippen molar-refractivity contribution in [1.29, 1.82) is 5.26 Å². The fourth-order valence-electron chi connectivity index (χ4n) is 4.57. The maximum absolute atomic E-state index is 13.5. The van der Waals surface area contributed by atoms with Crippen LogP contribution in [0.25, 0.3) is 0 Å². The van der Waals surface area contributed by atoms with E-state index in [-0.39, 0.29) is 30.3 Å². The number of nitrogens with zero attached hydrogens (tertiary/aromatic N) is 5. The van der Waals surface area contributed by atoms with Gasteiger partial charge >= 0.3 is 5.97 Å². The SMILES string of the molecule is N#Cc1cnc(N[C@@H](CCN(CCCCc2ccc3c(n2)NCCC3)CCOc2cc(F)cc(F)c2)C(=O)O)nc1. The molecule has 3 heterocycles. The zero-order chi connectivity index (χ0) is 29.0. The first kappa shape index (κ1) is 29.6. The number of carboxylic acids is 1. The molecule has 0 fully saturated rings. The number of hydrogen-bond acceptors (Lipinski definition) is 9. The monoisotopic (exact) mass is 565 g/mol. The summed E-state index contributed by atoms with van der Waals surface area (Å²) in [5.41, 5.74) is 2.55. The van der Waals surface area contributed by atoms with Crippen LogP contribution >= 0.6 is 0 Å². The summed E-state index contributed by atoms with van der Waals surface area (Å²) < 4.78 is 32.6. The summed E-state index contributed by atoms with van der Waals surface area (Å²) >= 11 is 0. The third kappa shape index (κ3) is 9.36. The largest absolute Gasteiger partial charge is 0.492 e. The highest BCUT2D eigenvalue weighted by atomic mass is 19.1. The van der Waals surface area contributed by atoms with Crippen LogP contribution in [0.3, 0.4) is 0 Å². The molecule has 0 bridgehead atoms. The predicted octanol–water partition coefficient (Wildman–Crippen LogP) is 4.04. The number of rotatable bonds is 15. The number of hydrogen-bond donors (Lipinski definition) is 3. The molecular weight excluding hydrogens is 532 g/mol. The quantitative estimate of drug-likeness (QED) is 0.232. The van der Waals surface area contributed by atoms with E-state index in [2.05, 4.69) is 37.6 Å². The molecule has 12 heteroatoms. The first-order valence-corrected chi connectivity index (χ1v) is 13.6. The third-order valence-electron chi connectivity index (χ3n) is 6.74. The number of ether oxygens (including phenoxy) is 1. The topological polar surface area (TPSA) is 136 Å². The molecule has 0 unspecified atom stereocenters. The summed E-state index contributed by atoms with van der Waals surface area (Å²) in [5, 5.41) is 24.8. The van der Waals surface area contributed by atoms with E-state index in [9.17, 15) is 18.7 Å². The normalized spacial score (nSPS) is 13.1. The predicted molar refractivity (Wildman–Crippen MR) is 149 cm³/mol. The highest BCUT2D eigenvalue weighted by Crippen LogP contribution is 2.20. The van der Waals surface area contributed by atoms with Gasteiger partial charge in [0.25, 0.3) is 0 Å². The summed E-state index contributed by atoms with van der Waals surface area (Å²) in [5.74, 6) is -1.31. The third-order valence-corrected chi connectivity index (χ3v) is 6.74. The van der Waals surface area contributed by atoms with E-state index in [1.54, 1.807) is 0 Å². The Bertz CT molecular complexity index is 1330. The van der Waals surface area contributed by atoms with Crippen molar-refractivity contribution >= 4 is 17.7 Å². The van der Waals surface area contributed by atoms with Crippen molar-refractivity contribution in [2.24, 2.45) is 0 Å². The Morgan fingerprint density at radius 3 is 2.66 bits per heavy atom. The molecule has 0 saturated carbocycles. The van der Waals surface area contributed by atoms with Crippen LogP contribution in [0.1, 0.15) is 42.5 Å². The molecule has 1 atom stereocenters. The molecule has 1 aliphatic heterocycles. The summed E-state index contributed by atoms with van der Waals surface area (Å²) in [7, 11) is 0. The lowest BCUT2D eigenvalue weighted by molar-refractivity contribution is -0.138. The van der Waals surface area contributed by atoms with E-state index in [4.69, 9.17) is 15.0 Å². The van der Waals surface area contributed by atoms with Gasteiger partial charge in [-0.1, -0.05) is 6.07 Å². The molecule has 3 aromatic rings. The average Bonchev–Trinajstić information content (AvgIpc) is 2.96. The van der Waals surface area contributed by atoms with Gasteiger partial charge in [0, 0.05) is 43.5 Å². The number of pyridine rings is 1. The van der Waals surface area contributed by atoms with E-state index in [1.165, 1.54) is 18.0 Å². The molecule has 0 aliphatic carbocycles. The molecule has 2 aromatic heterocycles. The number of benzene rings is 1. The molecule has 0 amide bonds. The number of nitrogens with one attached hydrogen (secondary N) is 2. The molecule has 4 rings (SSSR count). The van der Waals surface area contributed by atoms with Gasteiger partial charge in [0.1, 0.15) is 41.9 Å². The van der Waals surface area contributed by atoms with E-state index < -0.39 is 23.6 Å². The Morgan fingerprint density at radius 2 is 1.93 bits per heavy atom. The van der Waals surface area contributed by atoms with Crippen LogP contribution in [0.5, 0.6) is 5.75 Å². The van der Waals surface area contributed by atoms with Gasteiger partial charge in [0.2, 0.25) is 5.95 Å². The summed E-state index contributed by atoms with van der Waals surface area (Å²) in [6, 6.07) is 8.19.